The summed E-state index contributed by atoms with van der Waals surface area (Å²) in [7, 11) is 3.85. The first kappa shape index (κ1) is 24.7. The molecule has 2 aromatic carbocycles. The molecule has 1 aliphatic rings. The Kier molecular flexibility index (Phi) is 7.82. The molecule has 1 atom stereocenters. The quantitative estimate of drug-likeness (QED) is 0.370. The Morgan fingerprint density at radius 1 is 1.36 bits per heavy atom. The highest BCUT2D eigenvalue weighted by Crippen LogP contribution is 2.37. The summed E-state index contributed by atoms with van der Waals surface area (Å²) < 4.78 is 11.6. The van der Waals surface area contributed by atoms with Gasteiger partial charge in [0.05, 0.1) is 35.7 Å². The summed E-state index contributed by atoms with van der Waals surface area (Å²) in [4.78, 5) is 19.1. The van der Waals surface area contributed by atoms with Gasteiger partial charge in [0.15, 0.2) is 0 Å². The molecule has 36 heavy (non-hydrogen) atoms. The van der Waals surface area contributed by atoms with Gasteiger partial charge in [0.25, 0.3) is 0 Å². The van der Waals surface area contributed by atoms with E-state index < -0.39 is 0 Å². The molecule has 0 spiro atoms. The van der Waals surface area contributed by atoms with Crippen molar-refractivity contribution in [1.29, 1.82) is 5.26 Å². The predicted molar refractivity (Wildman–Crippen MR) is 140 cm³/mol. The second kappa shape index (κ2) is 11.4. The molecule has 8 nitrogen and oxygen atoms in total. The van der Waals surface area contributed by atoms with E-state index in [2.05, 4.69) is 27.6 Å². The Hall–Kier alpha value is -4.37. The number of fused-ring (bicyclic) bond motifs is 1. The maximum absolute atomic E-state index is 12.7. The van der Waals surface area contributed by atoms with Gasteiger partial charge >= 0.3 is 0 Å². The van der Waals surface area contributed by atoms with Crippen LogP contribution in [0, 0.1) is 23.7 Å². The molecule has 2 N–H and O–H groups in total. The molecule has 0 unspecified atom stereocenters. The molecule has 182 valence electrons. The van der Waals surface area contributed by atoms with Crippen molar-refractivity contribution in [2.75, 3.05) is 44.5 Å². The first-order valence-corrected chi connectivity index (χ1v) is 11.5. The van der Waals surface area contributed by atoms with Crippen LogP contribution in [0.1, 0.15) is 17.5 Å². The van der Waals surface area contributed by atoms with Gasteiger partial charge in [-0.15, -0.1) is 6.42 Å². The summed E-state index contributed by atoms with van der Waals surface area (Å²) in [6, 6.07) is 13.1. The lowest BCUT2D eigenvalue weighted by atomic mass is 10.1. The number of aromatic nitrogens is 1. The molecular formula is C28H27N5O3. The standard InChI is InChI=1S/C28H27N5O3/c1-4-19-7-5-8-21(13-19)31-28-20(16-29)17-30-24-15-26(36-22-10-12-35-18-22)25(14-23(24)28)32-27(34)9-6-11-33(2)3/h1,5-9,13-15,17,22H,10-12,18H2,2-3H3,(H,30,31)(H,32,34)/b9-6+/t22-/m0/s1. The lowest BCUT2D eigenvalue weighted by Crippen LogP contribution is -2.18. The van der Waals surface area contributed by atoms with Crippen LogP contribution in [0.3, 0.4) is 0 Å². The Bertz CT molecular complexity index is 1380. The molecule has 1 saturated heterocycles. The number of carbonyl (C=O) groups excluding carboxylic acids is 1. The predicted octanol–water partition coefficient (Wildman–Crippen LogP) is 4.06. The number of pyridine rings is 1. The summed E-state index contributed by atoms with van der Waals surface area (Å²) in [6.07, 6.45) is 11.0. The van der Waals surface area contributed by atoms with Crippen LogP contribution in [0.4, 0.5) is 17.1 Å². The second-order valence-electron chi connectivity index (χ2n) is 8.63. The number of anilines is 3. The minimum atomic E-state index is -0.288. The molecule has 4 rings (SSSR count). The van der Waals surface area contributed by atoms with Gasteiger partial charge in [0, 0.05) is 47.9 Å². The van der Waals surface area contributed by atoms with Crippen molar-refractivity contribution in [3.63, 3.8) is 0 Å². The van der Waals surface area contributed by atoms with E-state index in [1.165, 1.54) is 12.3 Å². The molecule has 0 bridgehead atoms. The molecule has 1 amide bonds. The van der Waals surface area contributed by atoms with E-state index in [0.717, 1.165) is 12.1 Å². The van der Waals surface area contributed by atoms with E-state index in [9.17, 15) is 10.1 Å². The average molecular weight is 482 g/mol. The van der Waals surface area contributed by atoms with Gasteiger partial charge in [-0.2, -0.15) is 5.26 Å². The van der Waals surface area contributed by atoms with Gasteiger partial charge in [-0.25, -0.2) is 0 Å². The van der Waals surface area contributed by atoms with Gasteiger partial charge in [-0.1, -0.05) is 18.1 Å². The van der Waals surface area contributed by atoms with Crippen LogP contribution < -0.4 is 15.4 Å². The van der Waals surface area contributed by atoms with Crippen molar-refractivity contribution in [1.82, 2.24) is 9.88 Å². The van der Waals surface area contributed by atoms with Crippen molar-refractivity contribution in [2.24, 2.45) is 0 Å². The summed E-state index contributed by atoms with van der Waals surface area (Å²) >= 11 is 0. The van der Waals surface area contributed by atoms with Crippen molar-refractivity contribution in [3.8, 4) is 24.2 Å². The van der Waals surface area contributed by atoms with E-state index in [1.54, 1.807) is 18.2 Å². The van der Waals surface area contributed by atoms with Crippen LogP contribution in [0.15, 0.2) is 54.7 Å². The van der Waals surface area contributed by atoms with Crippen molar-refractivity contribution >= 4 is 33.9 Å². The van der Waals surface area contributed by atoms with E-state index in [-0.39, 0.29) is 12.0 Å². The SMILES string of the molecule is C#Cc1cccc(Nc2c(C#N)cnc3cc(O[C@H]4CCOC4)c(NC(=O)/C=C/CN(C)C)cc23)c1. The number of nitriles is 1. The Labute approximate surface area is 210 Å². The largest absolute Gasteiger partial charge is 0.486 e. The van der Waals surface area contributed by atoms with Gasteiger partial charge in [-0.3, -0.25) is 9.78 Å². The first-order valence-electron chi connectivity index (χ1n) is 11.5. The number of likely N-dealkylation sites (N-methyl/N-ethyl adjacent to an activating group) is 1. The molecule has 0 aliphatic carbocycles. The number of hydrogen-bond donors (Lipinski definition) is 2. The molecule has 1 aliphatic heterocycles. The highest BCUT2D eigenvalue weighted by atomic mass is 16.5. The Balaban J connectivity index is 1.77. The fourth-order valence-corrected chi connectivity index (χ4v) is 3.80. The third-order valence-electron chi connectivity index (χ3n) is 5.57. The zero-order valence-corrected chi connectivity index (χ0v) is 20.2. The molecule has 1 aromatic heterocycles. The van der Waals surface area contributed by atoms with Gasteiger partial charge in [0.2, 0.25) is 5.91 Å². The van der Waals surface area contributed by atoms with E-state index in [0.29, 0.717) is 58.9 Å². The highest BCUT2D eigenvalue weighted by Gasteiger charge is 2.21. The van der Waals surface area contributed by atoms with Gasteiger partial charge in [0.1, 0.15) is 17.9 Å². The van der Waals surface area contributed by atoms with Crippen molar-refractivity contribution in [3.05, 3.63) is 65.9 Å². The summed E-state index contributed by atoms with van der Waals surface area (Å²) in [5.74, 6) is 2.82. The number of nitrogens with one attached hydrogen (secondary N) is 2. The molecule has 0 saturated carbocycles. The first-order chi connectivity index (χ1) is 17.5. The molecule has 8 heteroatoms. The summed E-state index contributed by atoms with van der Waals surface area (Å²) in [5, 5.41) is 16.7. The minimum Gasteiger partial charge on any atom is -0.486 e. The lowest BCUT2D eigenvalue weighted by molar-refractivity contribution is -0.111. The van der Waals surface area contributed by atoms with Gasteiger partial charge in [-0.05, 0) is 38.4 Å². The third-order valence-corrected chi connectivity index (χ3v) is 5.57. The topological polar surface area (TPSA) is 99.5 Å². The summed E-state index contributed by atoms with van der Waals surface area (Å²) in [5.41, 5.74) is 3.45. The van der Waals surface area contributed by atoms with Crippen LogP contribution in [0.25, 0.3) is 10.9 Å². The summed E-state index contributed by atoms with van der Waals surface area (Å²) in [6.45, 7) is 1.74. The number of hydrogen-bond acceptors (Lipinski definition) is 7. The van der Waals surface area contributed by atoms with Crippen LogP contribution >= 0.6 is 0 Å². The number of amides is 1. The van der Waals surface area contributed by atoms with Gasteiger partial charge < -0.3 is 25.0 Å². The van der Waals surface area contributed by atoms with Crippen LogP contribution in [0.2, 0.25) is 0 Å². The third kappa shape index (κ3) is 6.00. The monoisotopic (exact) mass is 481 g/mol. The van der Waals surface area contributed by atoms with Crippen LogP contribution in [0.5, 0.6) is 5.75 Å². The van der Waals surface area contributed by atoms with Crippen LogP contribution in [-0.2, 0) is 9.53 Å². The Morgan fingerprint density at radius 2 is 2.22 bits per heavy atom. The number of ether oxygens (including phenoxy) is 2. The number of rotatable bonds is 8. The maximum Gasteiger partial charge on any atom is 0.248 e. The zero-order valence-electron chi connectivity index (χ0n) is 20.2. The lowest BCUT2D eigenvalue weighted by Gasteiger charge is -2.18. The van der Waals surface area contributed by atoms with Crippen molar-refractivity contribution in [2.45, 2.75) is 12.5 Å². The zero-order chi connectivity index (χ0) is 25.5. The Morgan fingerprint density at radius 3 is 2.94 bits per heavy atom. The maximum atomic E-state index is 12.7. The molecule has 2 heterocycles. The fraction of sp³-hybridized carbons (Fsp3) is 0.250. The van der Waals surface area contributed by atoms with Crippen LogP contribution in [-0.4, -0.2) is 55.7 Å². The second-order valence-corrected chi connectivity index (χ2v) is 8.63. The minimum absolute atomic E-state index is 0.120. The fourth-order valence-electron chi connectivity index (χ4n) is 3.80. The van der Waals surface area contributed by atoms with E-state index >= 15 is 0 Å². The smallest absolute Gasteiger partial charge is 0.248 e. The van der Waals surface area contributed by atoms with Crippen molar-refractivity contribution < 1.29 is 14.3 Å². The van der Waals surface area contributed by atoms with E-state index in [4.69, 9.17) is 15.9 Å². The normalized spacial score (nSPS) is 15.1. The number of carbonyl (C=O) groups is 1. The number of nitrogens with zero attached hydrogens (tertiary/aromatic N) is 3. The van der Waals surface area contributed by atoms with E-state index in [1.807, 2.05) is 43.3 Å². The molecular weight excluding hydrogens is 454 g/mol. The average Bonchev–Trinajstić information content (AvgIpc) is 3.38. The number of terminal acetylenes is 1. The number of benzene rings is 2. The molecule has 1 fully saturated rings. The molecule has 3 aromatic rings. The highest BCUT2D eigenvalue weighted by molar-refractivity contribution is 6.04. The molecule has 0 radical (unpaired) electrons.